The van der Waals surface area contributed by atoms with Gasteiger partial charge in [0.1, 0.15) is 5.60 Å². The molecule has 0 amide bonds. The first-order chi connectivity index (χ1) is 9.06. The molecule has 0 aliphatic carbocycles. The third-order valence-electron chi connectivity index (χ3n) is 2.81. The van der Waals surface area contributed by atoms with Crippen LogP contribution in [0.1, 0.15) is 26.3 Å². The van der Waals surface area contributed by atoms with E-state index in [0.29, 0.717) is 6.61 Å². The summed E-state index contributed by atoms with van der Waals surface area (Å²) in [6.45, 7) is 5.24. The van der Waals surface area contributed by atoms with E-state index in [1.54, 1.807) is 20.8 Å². The maximum atomic E-state index is 9.95. The quantitative estimate of drug-likeness (QED) is 0.474. The molecule has 0 bridgehead atoms. The van der Waals surface area contributed by atoms with Gasteiger partial charge in [0, 0.05) is 0 Å². The Morgan fingerprint density at radius 1 is 1.00 bits per heavy atom. The molecule has 0 aliphatic heterocycles. The highest BCUT2D eigenvalue weighted by Crippen LogP contribution is 2.21. The molecule has 5 N–H and O–H groups in total. The zero-order valence-corrected chi connectivity index (χ0v) is 12.0. The van der Waals surface area contributed by atoms with Crippen molar-refractivity contribution in [2.45, 2.75) is 38.6 Å². The van der Waals surface area contributed by atoms with Gasteiger partial charge in [0.2, 0.25) is 0 Å². The molecule has 1 aromatic rings. The predicted octanol–water partition coefficient (Wildman–Crippen LogP) is -0.327. The van der Waals surface area contributed by atoms with E-state index in [9.17, 15) is 10.2 Å². The Morgan fingerprint density at radius 2 is 1.45 bits per heavy atom. The Kier molecular flexibility index (Phi) is 7.96. The Balaban J connectivity index is 0.000000796. The third-order valence-corrected chi connectivity index (χ3v) is 2.81. The lowest BCUT2D eigenvalue weighted by Crippen LogP contribution is -2.51. The van der Waals surface area contributed by atoms with Crippen LogP contribution in [0.2, 0.25) is 0 Å². The molecule has 0 spiro atoms. The predicted molar refractivity (Wildman–Crippen MR) is 75.4 cm³/mol. The van der Waals surface area contributed by atoms with Crippen LogP contribution in [-0.2, 0) is 11.3 Å². The Labute approximate surface area is 119 Å². The largest absolute Gasteiger partial charge is 0.631 e. The molecule has 0 radical (unpaired) electrons. The van der Waals surface area contributed by atoms with Crippen molar-refractivity contribution in [2.24, 2.45) is 0 Å². The fourth-order valence-electron chi connectivity index (χ4n) is 1.12. The van der Waals surface area contributed by atoms with Gasteiger partial charge in [0.05, 0.1) is 18.8 Å². The van der Waals surface area contributed by atoms with Crippen molar-refractivity contribution in [3.8, 4) is 0 Å². The second-order valence-corrected chi connectivity index (χ2v) is 5.16. The second-order valence-electron chi connectivity index (χ2n) is 5.16. The first-order valence-electron chi connectivity index (χ1n) is 6.17. The van der Waals surface area contributed by atoms with Gasteiger partial charge in [-0.3, -0.25) is 0 Å². The normalized spacial score (nSPS) is 14.0. The topological polar surface area (TPSA) is 110 Å². The number of benzene rings is 1. The molecule has 0 fully saturated rings. The van der Waals surface area contributed by atoms with Gasteiger partial charge in [-0.05, 0) is 26.3 Å². The van der Waals surface area contributed by atoms with E-state index in [2.05, 4.69) is 0 Å². The van der Waals surface area contributed by atoms with Crippen molar-refractivity contribution in [1.82, 2.24) is 0 Å². The number of ether oxygens (including phenoxy) is 1. The maximum Gasteiger partial charge on any atom is 0.631 e. The van der Waals surface area contributed by atoms with Gasteiger partial charge in [-0.15, -0.1) is 0 Å². The molecular formula is C13H23BO6. The summed E-state index contributed by atoms with van der Waals surface area (Å²) in [6.07, 6.45) is 0. The monoisotopic (exact) mass is 286 g/mol. The van der Waals surface area contributed by atoms with Gasteiger partial charge in [-0.1, -0.05) is 30.3 Å². The Hall–Kier alpha value is -0.955. The van der Waals surface area contributed by atoms with Crippen LogP contribution in [0, 0.1) is 0 Å². The molecule has 114 valence electrons. The average Bonchev–Trinajstić information content (AvgIpc) is 2.28. The van der Waals surface area contributed by atoms with Crippen molar-refractivity contribution < 1.29 is 30.0 Å². The fraction of sp³-hybridized carbons (Fsp3) is 0.538. The van der Waals surface area contributed by atoms with Crippen molar-refractivity contribution >= 4 is 7.32 Å². The summed E-state index contributed by atoms with van der Waals surface area (Å²) in [6, 6.07) is 9.73. The van der Waals surface area contributed by atoms with Crippen molar-refractivity contribution in [3.63, 3.8) is 0 Å². The van der Waals surface area contributed by atoms with Gasteiger partial charge in [0.25, 0.3) is 0 Å². The fourth-order valence-corrected chi connectivity index (χ4v) is 1.12. The SMILES string of the molecule is CC(C)(O)C(C)(O)COCc1ccccc1.OB(O)O. The summed E-state index contributed by atoms with van der Waals surface area (Å²) in [4.78, 5) is 0. The molecule has 0 aliphatic rings. The lowest BCUT2D eigenvalue weighted by molar-refractivity contribution is -0.156. The molecule has 6 nitrogen and oxygen atoms in total. The third kappa shape index (κ3) is 8.26. The van der Waals surface area contributed by atoms with Crippen LogP contribution in [0.4, 0.5) is 0 Å². The second kappa shape index (κ2) is 8.36. The molecule has 0 saturated heterocycles. The maximum absolute atomic E-state index is 9.95. The first kappa shape index (κ1) is 19.0. The molecule has 20 heavy (non-hydrogen) atoms. The van der Waals surface area contributed by atoms with Crippen molar-refractivity contribution in [2.75, 3.05) is 6.61 Å². The Bertz CT molecular complexity index is 358. The Morgan fingerprint density at radius 3 is 1.85 bits per heavy atom. The lowest BCUT2D eigenvalue weighted by atomic mass is 9.89. The van der Waals surface area contributed by atoms with Crippen molar-refractivity contribution in [1.29, 1.82) is 0 Å². The van der Waals surface area contributed by atoms with Gasteiger partial charge in [-0.25, -0.2) is 0 Å². The van der Waals surface area contributed by atoms with Crippen LogP contribution in [0.5, 0.6) is 0 Å². The highest BCUT2D eigenvalue weighted by molar-refractivity contribution is 6.30. The average molecular weight is 286 g/mol. The first-order valence-corrected chi connectivity index (χ1v) is 6.17. The van der Waals surface area contributed by atoms with E-state index < -0.39 is 18.5 Å². The molecule has 7 heteroatoms. The highest BCUT2D eigenvalue weighted by atomic mass is 16.5. The zero-order valence-electron chi connectivity index (χ0n) is 12.0. The molecule has 1 rings (SSSR count). The standard InChI is InChI=1S/C13H20O3.BH3O3/c1-12(2,14)13(3,15)10-16-9-11-7-5-4-6-8-11;2-1(3)4/h4-8,14-15H,9-10H2,1-3H3;2-4H. The van der Waals surface area contributed by atoms with Crippen LogP contribution in [0.3, 0.4) is 0 Å². The van der Waals surface area contributed by atoms with E-state index in [4.69, 9.17) is 19.8 Å². The van der Waals surface area contributed by atoms with Crippen LogP contribution in [-0.4, -0.2) is 50.4 Å². The molecular weight excluding hydrogens is 263 g/mol. The number of aliphatic hydroxyl groups is 2. The zero-order chi connectivity index (χ0) is 15.8. The summed E-state index contributed by atoms with van der Waals surface area (Å²) < 4.78 is 5.40. The highest BCUT2D eigenvalue weighted by Gasteiger charge is 2.37. The van der Waals surface area contributed by atoms with Crippen LogP contribution in [0.15, 0.2) is 30.3 Å². The van der Waals surface area contributed by atoms with E-state index in [0.717, 1.165) is 5.56 Å². The van der Waals surface area contributed by atoms with Gasteiger partial charge < -0.3 is 30.0 Å². The van der Waals surface area contributed by atoms with Crippen LogP contribution < -0.4 is 0 Å². The number of rotatable bonds is 5. The van der Waals surface area contributed by atoms with E-state index >= 15 is 0 Å². The minimum Gasteiger partial charge on any atom is -0.402 e. The van der Waals surface area contributed by atoms with E-state index in [1.807, 2.05) is 30.3 Å². The van der Waals surface area contributed by atoms with E-state index in [1.165, 1.54) is 0 Å². The van der Waals surface area contributed by atoms with Crippen LogP contribution in [0.25, 0.3) is 0 Å². The molecule has 0 saturated carbocycles. The minimum absolute atomic E-state index is 0.103. The smallest absolute Gasteiger partial charge is 0.402 e. The summed E-state index contributed by atoms with van der Waals surface area (Å²) in [5.74, 6) is 0. The molecule has 1 aromatic carbocycles. The van der Waals surface area contributed by atoms with E-state index in [-0.39, 0.29) is 6.61 Å². The van der Waals surface area contributed by atoms with Gasteiger partial charge in [-0.2, -0.15) is 0 Å². The van der Waals surface area contributed by atoms with Gasteiger partial charge >= 0.3 is 7.32 Å². The lowest BCUT2D eigenvalue weighted by Gasteiger charge is -2.35. The molecule has 1 unspecified atom stereocenters. The van der Waals surface area contributed by atoms with Crippen molar-refractivity contribution in [3.05, 3.63) is 35.9 Å². The summed E-state index contributed by atoms with van der Waals surface area (Å²) in [5.41, 5.74) is -1.38. The minimum atomic E-state index is -2.17. The van der Waals surface area contributed by atoms with Gasteiger partial charge in [0.15, 0.2) is 0 Å². The summed E-state index contributed by atoms with van der Waals surface area (Å²) in [5, 5.41) is 41.2. The molecule has 0 aromatic heterocycles. The number of hydrogen-bond acceptors (Lipinski definition) is 6. The summed E-state index contributed by atoms with van der Waals surface area (Å²) >= 11 is 0. The number of hydrogen-bond donors (Lipinski definition) is 5. The summed E-state index contributed by atoms with van der Waals surface area (Å²) in [7, 11) is -2.17. The van der Waals surface area contributed by atoms with Crippen LogP contribution >= 0.6 is 0 Å². The molecule has 0 heterocycles. The molecule has 1 atom stereocenters.